The molecule has 0 spiro atoms. The van der Waals surface area contributed by atoms with Crippen molar-refractivity contribution in [1.82, 2.24) is 19.9 Å². The van der Waals surface area contributed by atoms with Crippen LogP contribution in [0, 0.1) is 5.82 Å². The lowest BCUT2D eigenvalue weighted by molar-refractivity contribution is 0.304. The molecule has 178 valence electrons. The number of allylic oxidation sites excluding steroid dienone is 2. The summed E-state index contributed by atoms with van der Waals surface area (Å²) < 4.78 is 57.9. The number of halogens is 2. The molecule has 5 rings (SSSR count). The molecular formula is C23H24F2N6O2S. The van der Waals surface area contributed by atoms with Crippen molar-refractivity contribution in [2.75, 3.05) is 18.8 Å². The maximum Gasteiger partial charge on any atom is 0.219 e. The molecule has 3 aromatic rings. The van der Waals surface area contributed by atoms with Crippen LogP contribution in [-0.4, -0.2) is 41.3 Å². The van der Waals surface area contributed by atoms with E-state index in [2.05, 4.69) is 15.3 Å². The summed E-state index contributed by atoms with van der Waals surface area (Å²) in [4.78, 5) is 8.42. The zero-order valence-electron chi connectivity index (χ0n) is 18.2. The Morgan fingerprint density at radius 1 is 1.18 bits per heavy atom. The minimum Gasteiger partial charge on any atom is -0.383 e. The normalized spacial score (nSPS) is 23.9. The summed E-state index contributed by atoms with van der Waals surface area (Å²) in [6, 6.07) is 5.68. The number of nitrogen functional groups attached to an aromatic ring is 1. The van der Waals surface area contributed by atoms with Gasteiger partial charge in [-0.1, -0.05) is 24.3 Å². The molecule has 1 aliphatic carbocycles. The third-order valence-corrected chi connectivity index (χ3v) is 7.60. The molecule has 0 bridgehead atoms. The van der Waals surface area contributed by atoms with Crippen LogP contribution in [-0.2, 0) is 15.7 Å². The van der Waals surface area contributed by atoms with Crippen LogP contribution in [0.5, 0.6) is 0 Å². The van der Waals surface area contributed by atoms with E-state index in [1.807, 2.05) is 4.57 Å². The molecule has 0 radical (unpaired) electrons. The van der Waals surface area contributed by atoms with Gasteiger partial charge in [-0.2, -0.15) is 0 Å². The van der Waals surface area contributed by atoms with E-state index in [9.17, 15) is 12.8 Å². The Morgan fingerprint density at radius 3 is 2.62 bits per heavy atom. The standard InChI is InChI=1S/C23H24F2N6O2S/c24-18-4-2-1-3-15(18)16-11-23(25,8-5-19(16)34(27,32)33)17-12-31(14-6-9-28-10-7-14)22-20(17)21(26)29-13-30-22/h1-5,8,11-14,19,28H,6-7,9-10H2,(H2,26,29,30)(H2,27,32,33). The largest absolute Gasteiger partial charge is 0.383 e. The number of piperidine rings is 1. The third kappa shape index (κ3) is 3.79. The van der Waals surface area contributed by atoms with Crippen LogP contribution < -0.4 is 16.2 Å². The fourth-order valence-corrected chi connectivity index (χ4v) is 5.68. The summed E-state index contributed by atoms with van der Waals surface area (Å²) in [7, 11) is -4.18. The van der Waals surface area contributed by atoms with Crippen LogP contribution in [0.15, 0.2) is 55.0 Å². The first-order valence-electron chi connectivity index (χ1n) is 10.9. The molecule has 1 aliphatic heterocycles. The van der Waals surface area contributed by atoms with E-state index >= 15 is 4.39 Å². The average Bonchev–Trinajstić information content (AvgIpc) is 3.21. The van der Waals surface area contributed by atoms with Gasteiger partial charge in [-0.3, -0.25) is 0 Å². The molecule has 1 saturated heterocycles. The fraction of sp³-hybridized carbons (Fsp3) is 0.304. The van der Waals surface area contributed by atoms with Crippen molar-refractivity contribution in [3.8, 4) is 0 Å². The predicted octanol–water partition coefficient (Wildman–Crippen LogP) is 2.55. The van der Waals surface area contributed by atoms with Gasteiger partial charge >= 0.3 is 0 Å². The summed E-state index contributed by atoms with van der Waals surface area (Å²) in [5.74, 6) is -0.576. The van der Waals surface area contributed by atoms with E-state index in [1.165, 1.54) is 24.5 Å². The third-order valence-electron chi connectivity index (χ3n) is 6.48. The highest BCUT2D eigenvalue weighted by Crippen LogP contribution is 2.44. The lowest BCUT2D eigenvalue weighted by Crippen LogP contribution is -2.33. The Balaban J connectivity index is 1.73. The highest BCUT2D eigenvalue weighted by atomic mass is 32.2. The molecule has 5 N–H and O–H groups in total. The van der Waals surface area contributed by atoms with Crippen molar-refractivity contribution in [3.05, 3.63) is 72.0 Å². The van der Waals surface area contributed by atoms with Crippen molar-refractivity contribution in [2.45, 2.75) is 29.8 Å². The number of hydrogen-bond acceptors (Lipinski definition) is 6. The molecule has 2 aromatic heterocycles. The number of hydrogen-bond donors (Lipinski definition) is 3. The topological polar surface area (TPSA) is 129 Å². The first kappa shape index (κ1) is 22.6. The zero-order valence-corrected chi connectivity index (χ0v) is 19.0. The van der Waals surface area contributed by atoms with Gasteiger partial charge in [-0.25, -0.2) is 32.3 Å². The van der Waals surface area contributed by atoms with E-state index in [1.54, 1.807) is 12.3 Å². The summed E-state index contributed by atoms with van der Waals surface area (Å²) in [6.45, 7) is 1.63. The second kappa shape index (κ2) is 8.26. The number of aromatic nitrogens is 3. The molecule has 0 amide bonds. The molecule has 0 saturated carbocycles. The molecule has 8 nitrogen and oxygen atoms in total. The summed E-state index contributed by atoms with van der Waals surface area (Å²) >= 11 is 0. The number of nitrogens with two attached hydrogens (primary N) is 2. The van der Waals surface area contributed by atoms with Crippen molar-refractivity contribution < 1.29 is 17.2 Å². The Morgan fingerprint density at radius 2 is 1.91 bits per heavy atom. The number of primary sulfonamides is 1. The van der Waals surface area contributed by atoms with Crippen LogP contribution in [0.2, 0.25) is 0 Å². The number of sulfonamides is 1. The van der Waals surface area contributed by atoms with Gasteiger partial charge in [0.2, 0.25) is 10.0 Å². The zero-order chi connectivity index (χ0) is 24.1. The van der Waals surface area contributed by atoms with Crippen molar-refractivity contribution in [2.24, 2.45) is 5.14 Å². The van der Waals surface area contributed by atoms with Gasteiger partial charge in [0, 0.05) is 23.4 Å². The van der Waals surface area contributed by atoms with E-state index in [-0.39, 0.29) is 28.6 Å². The van der Waals surface area contributed by atoms with Crippen molar-refractivity contribution in [1.29, 1.82) is 0 Å². The molecule has 2 atom stereocenters. The Labute approximate surface area is 195 Å². The van der Waals surface area contributed by atoms with E-state index in [4.69, 9.17) is 10.9 Å². The molecular weight excluding hydrogens is 462 g/mol. The maximum absolute atomic E-state index is 16.8. The van der Waals surface area contributed by atoms with Gasteiger partial charge < -0.3 is 15.6 Å². The molecule has 3 heterocycles. The van der Waals surface area contributed by atoms with Gasteiger partial charge in [0.25, 0.3) is 0 Å². The summed E-state index contributed by atoms with van der Waals surface area (Å²) in [6.07, 6.45) is 8.03. The van der Waals surface area contributed by atoms with Gasteiger partial charge in [0.1, 0.15) is 28.9 Å². The minimum atomic E-state index is -4.18. The lowest BCUT2D eigenvalue weighted by atomic mass is 9.85. The number of fused-ring (bicyclic) bond motifs is 1. The second-order valence-corrected chi connectivity index (χ2v) is 10.3. The number of benzene rings is 1. The first-order chi connectivity index (χ1) is 16.2. The minimum absolute atomic E-state index is 0.0424. The number of rotatable bonds is 4. The van der Waals surface area contributed by atoms with Gasteiger partial charge in [0.15, 0.2) is 5.67 Å². The summed E-state index contributed by atoms with van der Waals surface area (Å²) in [5.41, 5.74) is 4.41. The fourth-order valence-electron chi connectivity index (χ4n) is 4.83. The van der Waals surface area contributed by atoms with Gasteiger partial charge in [0.05, 0.1) is 5.39 Å². The molecule has 11 heteroatoms. The van der Waals surface area contributed by atoms with Crippen molar-refractivity contribution in [3.63, 3.8) is 0 Å². The van der Waals surface area contributed by atoms with E-state index < -0.39 is 26.8 Å². The van der Waals surface area contributed by atoms with Gasteiger partial charge in [-0.15, -0.1) is 0 Å². The Kier molecular flexibility index (Phi) is 5.50. The first-order valence-corrected chi connectivity index (χ1v) is 12.5. The van der Waals surface area contributed by atoms with Crippen LogP contribution in [0.4, 0.5) is 14.6 Å². The molecule has 34 heavy (non-hydrogen) atoms. The Bertz CT molecular complexity index is 1430. The smallest absolute Gasteiger partial charge is 0.219 e. The highest BCUT2D eigenvalue weighted by Gasteiger charge is 2.40. The number of nitrogens with one attached hydrogen (secondary N) is 1. The quantitative estimate of drug-likeness (QED) is 0.486. The molecule has 2 aliphatic rings. The summed E-state index contributed by atoms with van der Waals surface area (Å²) in [5, 5.41) is 7.65. The van der Waals surface area contributed by atoms with Crippen molar-refractivity contribution >= 4 is 32.4 Å². The molecule has 1 aromatic carbocycles. The number of alkyl halides is 1. The predicted molar refractivity (Wildman–Crippen MR) is 126 cm³/mol. The Hall–Kier alpha value is -3.15. The van der Waals surface area contributed by atoms with Crippen LogP contribution in [0.25, 0.3) is 16.6 Å². The highest BCUT2D eigenvalue weighted by molar-refractivity contribution is 7.90. The van der Waals surface area contributed by atoms with E-state index in [0.29, 0.717) is 11.0 Å². The lowest BCUT2D eigenvalue weighted by Gasteiger charge is -2.28. The monoisotopic (exact) mass is 486 g/mol. The van der Waals surface area contributed by atoms with E-state index in [0.717, 1.165) is 44.2 Å². The van der Waals surface area contributed by atoms with Crippen LogP contribution in [0.1, 0.15) is 30.0 Å². The SMILES string of the molecule is Nc1ncnc2c1c(C1(F)C=CC(S(N)(=O)=O)C(c3ccccc3F)=C1)cn2C1CCNCC1. The van der Waals surface area contributed by atoms with Gasteiger partial charge in [-0.05, 0) is 49.7 Å². The van der Waals surface area contributed by atoms with Crippen LogP contribution >= 0.6 is 0 Å². The van der Waals surface area contributed by atoms with Crippen LogP contribution in [0.3, 0.4) is 0 Å². The second-order valence-electron chi connectivity index (χ2n) is 8.61. The number of anilines is 1. The molecule has 1 fully saturated rings. The maximum atomic E-state index is 16.8. The number of nitrogens with zero attached hydrogens (tertiary/aromatic N) is 3. The molecule has 2 unspecified atom stereocenters. The average molecular weight is 487 g/mol.